The van der Waals surface area contributed by atoms with E-state index in [0.29, 0.717) is 22.5 Å². The number of fused-ring (bicyclic) bond motifs is 1. The van der Waals surface area contributed by atoms with Crippen molar-refractivity contribution in [2.75, 3.05) is 18.4 Å². The summed E-state index contributed by atoms with van der Waals surface area (Å²) in [5, 5.41) is 5.11. The third kappa shape index (κ3) is 3.22. The second-order valence-electron chi connectivity index (χ2n) is 5.37. The van der Waals surface area contributed by atoms with Gasteiger partial charge in [0.2, 0.25) is 5.91 Å². The van der Waals surface area contributed by atoms with Crippen LogP contribution in [0.5, 0.6) is 0 Å². The lowest BCUT2D eigenvalue weighted by Gasteiger charge is -2.32. The summed E-state index contributed by atoms with van der Waals surface area (Å²) in [7, 11) is 0. The van der Waals surface area contributed by atoms with E-state index < -0.39 is 5.82 Å². The quantitative estimate of drug-likeness (QED) is 0.592. The van der Waals surface area contributed by atoms with Gasteiger partial charge in [-0.2, -0.15) is 4.37 Å². The molecule has 0 aliphatic carbocycles. The van der Waals surface area contributed by atoms with Gasteiger partial charge in [-0.05, 0) is 52.4 Å². The number of benzene rings is 1. The van der Waals surface area contributed by atoms with Crippen LogP contribution in [0.3, 0.4) is 0 Å². The van der Waals surface area contributed by atoms with E-state index in [1.807, 2.05) is 0 Å². The Morgan fingerprint density at radius 3 is 3.17 bits per heavy atom. The molecule has 0 saturated carbocycles. The molecule has 4 nitrogen and oxygen atoms in total. The number of aromatic nitrogens is 1. The normalized spacial score (nSPS) is 18.2. The number of halogens is 3. The van der Waals surface area contributed by atoms with E-state index in [9.17, 15) is 9.18 Å². The molecule has 122 valence electrons. The van der Waals surface area contributed by atoms with Gasteiger partial charge in [0.05, 0.1) is 9.50 Å². The Morgan fingerprint density at radius 1 is 1.65 bits per heavy atom. The van der Waals surface area contributed by atoms with Crippen LogP contribution < -0.4 is 5.32 Å². The van der Waals surface area contributed by atoms with Gasteiger partial charge >= 0.3 is 0 Å². The molecule has 1 aliphatic rings. The first-order valence-corrected chi connectivity index (χ1v) is 9.06. The van der Waals surface area contributed by atoms with Crippen LogP contribution in [-0.4, -0.2) is 34.3 Å². The number of nitrogens with zero attached hydrogens (tertiary/aromatic N) is 2. The number of amides is 1. The minimum absolute atomic E-state index is 0.0660. The SMILES string of the molecule is C=CC(=O)N1CCC[C@@H](Nc2snc3c(F)c(Br)c(Cl)cc23)C1. The van der Waals surface area contributed by atoms with E-state index in [0.717, 1.165) is 24.4 Å². The molecule has 0 radical (unpaired) electrons. The second kappa shape index (κ2) is 6.75. The molecule has 3 rings (SSSR count). The number of likely N-dealkylation sites (tertiary alicyclic amines) is 1. The standard InChI is InChI=1S/C15H14BrClFN3OS/c1-2-11(22)21-5-3-4-8(7-21)19-15-9-6-10(17)12(16)13(18)14(9)20-23-15/h2,6,8,19H,1,3-5,7H2/t8-/m1/s1. The van der Waals surface area contributed by atoms with Gasteiger partial charge in [-0.1, -0.05) is 18.2 Å². The molecule has 1 N–H and O–H groups in total. The predicted molar refractivity (Wildman–Crippen MR) is 95.7 cm³/mol. The van der Waals surface area contributed by atoms with Crippen molar-refractivity contribution in [3.63, 3.8) is 0 Å². The Bertz CT molecular complexity index is 782. The summed E-state index contributed by atoms with van der Waals surface area (Å²) < 4.78 is 18.6. The van der Waals surface area contributed by atoms with Crippen LogP contribution in [0.1, 0.15) is 12.8 Å². The third-order valence-corrected chi connectivity index (χ3v) is 5.95. The zero-order valence-corrected chi connectivity index (χ0v) is 15.3. The van der Waals surface area contributed by atoms with E-state index in [1.165, 1.54) is 17.6 Å². The minimum atomic E-state index is -0.455. The highest BCUT2D eigenvalue weighted by Gasteiger charge is 2.24. The molecule has 1 amide bonds. The number of carbonyl (C=O) groups is 1. The molecule has 2 heterocycles. The van der Waals surface area contributed by atoms with Crippen LogP contribution >= 0.6 is 39.1 Å². The van der Waals surface area contributed by atoms with Crippen molar-refractivity contribution >= 4 is 60.9 Å². The molecule has 1 aliphatic heterocycles. The van der Waals surface area contributed by atoms with Crippen LogP contribution in [-0.2, 0) is 4.79 Å². The molecule has 0 spiro atoms. The van der Waals surface area contributed by atoms with Gasteiger partial charge in [-0.3, -0.25) is 4.79 Å². The second-order valence-corrected chi connectivity index (χ2v) is 7.34. The molecule has 0 unspecified atom stereocenters. The van der Waals surface area contributed by atoms with Crippen molar-refractivity contribution < 1.29 is 9.18 Å². The minimum Gasteiger partial charge on any atom is -0.371 e. The number of carbonyl (C=O) groups excluding carboxylic acids is 1. The Labute approximate surface area is 150 Å². The zero-order valence-electron chi connectivity index (χ0n) is 12.1. The van der Waals surface area contributed by atoms with E-state index in [4.69, 9.17) is 11.6 Å². The molecule has 1 saturated heterocycles. The lowest BCUT2D eigenvalue weighted by molar-refractivity contribution is -0.127. The van der Waals surface area contributed by atoms with Gasteiger partial charge in [0.25, 0.3) is 0 Å². The van der Waals surface area contributed by atoms with Gasteiger partial charge in [0, 0.05) is 24.5 Å². The summed E-state index contributed by atoms with van der Waals surface area (Å²) in [5.41, 5.74) is 0.295. The van der Waals surface area contributed by atoms with Crippen LogP contribution in [0.25, 0.3) is 10.9 Å². The van der Waals surface area contributed by atoms with E-state index in [1.54, 1.807) is 11.0 Å². The maximum Gasteiger partial charge on any atom is 0.246 e. The highest BCUT2D eigenvalue weighted by atomic mass is 79.9. The average Bonchev–Trinajstić information content (AvgIpc) is 2.95. The fourth-order valence-corrected chi connectivity index (χ4v) is 4.03. The van der Waals surface area contributed by atoms with E-state index in [2.05, 4.69) is 32.2 Å². The van der Waals surface area contributed by atoms with Crippen molar-refractivity contribution in [1.29, 1.82) is 0 Å². The lowest BCUT2D eigenvalue weighted by Crippen LogP contribution is -2.44. The largest absolute Gasteiger partial charge is 0.371 e. The molecule has 0 bridgehead atoms. The summed E-state index contributed by atoms with van der Waals surface area (Å²) in [6, 6.07) is 1.80. The molecule has 1 atom stereocenters. The first-order chi connectivity index (χ1) is 11.0. The van der Waals surface area contributed by atoms with Gasteiger partial charge in [0.15, 0.2) is 5.82 Å². The summed E-state index contributed by atoms with van der Waals surface area (Å²) in [5.74, 6) is -0.521. The molecule has 1 fully saturated rings. The predicted octanol–water partition coefficient (Wildman–Crippen LogP) is 4.44. The number of piperidine rings is 1. The highest BCUT2D eigenvalue weighted by Crippen LogP contribution is 2.37. The van der Waals surface area contributed by atoms with Gasteiger partial charge in [-0.15, -0.1) is 0 Å². The molecule has 23 heavy (non-hydrogen) atoms. The fourth-order valence-electron chi connectivity index (χ4n) is 2.70. The van der Waals surface area contributed by atoms with E-state index in [-0.39, 0.29) is 16.4 Å². The first kappa shape index (κ1) is 16.7. The molecule has 1 aromatic carbocycles. The maximum atomic E-state index is 14.2. The van der Waals surface area contributed by atoms with Gasteiger partial charge in [0.1, 0.15) is 10.5 Å². The number of hydrogen-bond donors (Lipinski definition) is 1. The van der Waals surface area contributed by atoms with Crippen molar-refractivity contribution in [3.8, 4) is 0 Å². The Balaban J connectivity index is 1.84. The topological polar surface area (TPSA) is 45.2 Å². The van der Waals surface area contributed by atoms with Crippen molar-refractivity contribution in [2.45, 2.75) is 18.9 Å². The first-order valence-electron chi connectivity index (χ1n) is 7.12. The average molecular weight is 419 g/mol. The van der Waals surface area contributed by atoms with Crippen LogP contribution in [0.15, 0.2) is 23.2 Å². The third-order valence-electron chi connectivity index (χ3n) is 3.85. The highest BCUT2D eigenvalue weighted by molar-refractivity contribution is 9.10. The summed E-state index contributed by atoms with van der Waals surface area (Å²) in [4.78, 5) is 13.5. The van der Waals surface area contributed by atoms with Crippen molar-refractivity contribution in [1.82, 2.24) is 9.27 Å². The molecule has 1 aromatic heterocycles. The monoisotopic (exact) mass is 417 g/mol. The van der Waals surface area contributed by atoms with Gasteiger partial charge < -0.3 is 10.2 Å². The number of rotatable bonds is 3. The van der Waals surface area contributed by atoms with Crippen LogP contribution in [0.4, 0.5) is 9.39 Å². The smallest absolute Gasteiger partial charge is 0.246 e. The Kier molecular flexibility index (Phi) is 4.89. The van der Waals surface area contributed by atoms with Crippen LogP contribution in [0.2, 0.25) is 5.02 Å². The van der Waals surface area contributed by atoms with Crippen molar-refractivity contribution in [3.05, 3.63) is 34.0 Å². The number of nitrogens with one attached hydrogen (secondary N) is 1. The summed E-state index contributed by atoms with van der Waals surface area (Å²) in [6.07, 6.45) is 3.18. The van der Waals surface area contributed by atoms with Crippen LogP contribution in [0, 0.1) is 5.82 Å². The number of anilines is 1. The number of hydrogen-bond acceptors (Lipinski definition) is 4. The fraction of sp³-hybridized carbons (Fsp3) is 0.333. The van der Waals surface area contributed by atoms with Gasteiger partial charge in [-0.25, -0.2) is 4.39 Å². The molecular formula is C15H14BrClFN3OS. The maximum absolute atomic E-state index is 14.2. The molecule has 2 aromatic rings. The summed E-state index contributed by atoms with van der Waals surface area (Å²) >= 11 is 10.4. The Hall–Kier alpha value is -1.18. The lowest BCUT2D eigenvalue weighted by atomic mass is 10.1. The van der Waals surface area contributed by atoms with Crippen molar-refractivity contribution in [2.24, 2.45) is 0 Å². The molecule has 8 heteroatoms. The summed E-state index contributed by atoms with van der Waals surface area (Å²) in [6.45, 7) is 4.86. The Morgan fingerprint density at radius 2 is 2.43 bits per heavy atom. The zero-order chi connectivity index (χ0) is 16.6. The van der Waals surface area contributed by atoms with E-state index >= 15 is 0 Å². The molecular weight excluding hydrogens is 405 g/mol.